The highest BCUT2D eigenvalue weighted by molar-refractivity contribution is 7.89. The molecule has 0 bridgehead atoms. The first-order valence-electron chi connectivity index (χ1n) is 10.9. The summed E-state index contributed by atoms with van der Waals surface area (Å²) in [5, 5.41) is 3.26. The highest BCUT2D eigenvalue weighted by Crippen LogP contribution is 2.25. The fourth-order valence-electron chi connectivity index (χ4n) is 4.02. The van der Waals surface area contributed by atoms with Gasteiger partial charge in [0, 0.05) is 32.7 Å². The Balaban J connectivity index is 1.60. The van der Waals surface area contributed by atoms with Crippen molar-refractivity contribution in [1.29, 1.82) is 0 Å². The number of halogens is 1. The van der Waals surface area contributed by atoms with Gasteiger partial charge in [0.1, 0.15) is 4.90 Å². The molecule has 2 aromatic carbocycles. The van der Waals surface area contributed by atoms with Gasteiger partial charge >= 0.3 is 6.03 Å². The molecule has 9 heteroatoms. The van der Waals surface area contributed by atoms with Gasteiger partial charge in [0.2, 0.25) is 10.0 Å². The van der Waals surface area contributed by atoms with Gasteiger partial charge in [-0.2, -0.15) is 4.31 Å². The van der Waals surface area contributed by atoms with Crippen LogP contribution in [0.25, 0.3) is 0 Å². The summed E-state index contributed by atoms with van der Waals surface area (Å²) >= 11 is 6.09. The lowest BCUT2D eigenvalue weighted by molar-refractivity contribution is 0.164. The van der Waals surface area contributed by atoms with Crippen LogP contribution in [0, 0.1) is 0 Å². The number of carbonyl (C=O) groups is 1. The third-order valence-electron chi connectivity index (χ3n) is 5.86. The molecule has 3 rings (SSSR count). The molecule has 32 heavy (non-hydrogen) atoms. The zero-order valence-corrected chi connectivity index (χ0v) is 20.1. The smallest absolute Gasteiger partial charge is 0.317 e. The van der Waals surface area contributed by atoms with Crippen LogP contribution in [0.1, 0.15) is 25.5 Å². The van der Waals surface area contributed by atoms with E-state index in [1.165, 1.54) is 10.4 Å². The number of sulfonamides is 1. The normalized spacial score (nSPS) is 16.2. The molecule has 1 fully saturated rings. The maximum atomic E-state index is 12.9. The van der Waals surface area contributed by atoms with Gasteiger partial charge < -0.3 is 10.2 Å². The molecule has 1 aliphatic heterocycles. The zero-order chi connectivity index (χ0) is 23.1. The van der Waals surface area contributed by atoms with Crippen molar-refractivity contribution in [2.24, 2.45) is 0 Å². The molecule has 0 radical (unpaired) electrons. The Kier molecular flexibility index (Phi) is 8.53. The van der Waals surface area contributed by atoms with E-state index < -0.39 is 10.0 Å². The van der Waals surface area contributed by atoms with Gasteiger partial charge in [-0.25, -0.2) is 13.2 Å². The van der Waals surface area contributed by atoms with Crippen molar-refractivity contribution >= 4 is 27.7 Å². The lowest BCUT2D eigenvalue weighted by atomic mass is 10.1. The molecule has 0 aromatic heterocycles. The first-order chi connectivity index (χ1) is 15.4. The summed E-state index contributed by atoms with van der Waals surface area (Å²) in [6.07, 6.45) is 0. The van der Waals surface area contributed by atoms with Crippen molar-refractivity contribution in [1.82, 2.24) is 19.4 Å². The van der Waals surface area contributed by atoms with Crippen LogP contribution < -0.4 is 5.32 Å². The van der Waals surface area contributed by atoms with E-state index in [1.807, 2.05) is 18.2 Å². The Labute approximate surface area is 196 Å². The maximum absolute atomic E-state index is 12.9. The summed E-state index contributed by atoms with van der Waals surface area (Å²) in [5.41, 5.74) is 1.16. The van der Waals surface area contributed by atoms with E-state index in [1.54, 1.807) is 23.1 Å². The third kappa shape index (κ3) is 5.61. The summed E-state index contributed by atoms with van der Waals surface area (Å²) in [7, 11) is -3.69. The number of rotatable bonds is 8. The van der Waals surface area contributed by atoms with Crippen LogP contribution in [0.2, 0.25) is 5.02 Å². The van der Waals surface area contributed by atoms with Crippen LogP contribution in [0.4, 0.5) is 4.79 Å². The molecule has 1 unspecified atom stereocenters. The predicted octanol–water partition coefficient (Wildman–Crippen LogP) is 3.44. The van der Waals surface area contributed by atoms with Crippen molar-refractivity contribution in [2.45, 2.75) is 24.8 Å². The fourth-order valence-corrected chi connectivity index (χ4v) is 5.93. The lowest BCUT2D eigenvalue weighted by Gasteiger charge is -2.35. The summed E-state index contributed by atoms with van der Waals surface area (Å²) in [6.45, 7) is 7.60. The second-order valence-electron chi connectivity index (χ2n) is 7.66. The van der Waals surface area contributed by atoms with E-state index in [2.05, 4.69) is 36.2 Å². The van der Waals surface area contributed by atoms with E-state index >= 15 is 0 Å². The average Bonchev–Trinajstić information content (AvgIpc) is 2.82. The van der Waals surface area contributed by atoms with Gasteiger partial charge in [-0.15, -0.1) is 0 Å². The minimum atomic E-state index is -3.69. The minimum Gasteiger partial charge on any atom is -0.336 e. The maximum Gasteiger partial charge on any atom is 0.317 e. The Hall–Kier alpha value is -2.13. The number of amides is 2. The number of nitrogens with one attached hydrogen (secondary N) is 1. The van der Waals surface area contributed by atoms with E-state index in [0.29, 0.717) is 19.6 Å². The second-order valence-corrected chi connectivity index (χ2v) is 9.97. The molecule has 0 aliphatic carbocycles. The van der Waals surface area contributed by atoms with Crippen molar-refractivity contribution in [2.75, 3.05) is 45.8 Å². The number of hydrogen-bond donors (Lipinski definition) is 1. The van der Waals surface area contributed by atoms with Crippen LogP contribution in [-0.4, -0.2) is 74.4 Å². The third-order valence-corrected chi connectivity index (χ3v) is 8.26. The monoisotopic (exact) mass is 478 g/mol. The molecule has 2 aromatic rings. The van der Waals surface area contributed by atoms with E-state index in [9.17, 15) is 13.2 Å². The van der Waals surface area contributed by atoms with Crippen LogP contribution in [0.3, 0.4) is 0 Å². The molecule has 1 aliphatic rings. The van der Waals surface area contributed by atoms with E-state index in [4.69, 9.17) is 11.6 Å². The molecule has 174 valence electrons. The molecule has 1 atom stereocenters. The van der Waals surface area contributed by atoms with Crippen LogP contribution in [0.5, 0.6) is 0 Å². The van der Waals surface area contributed by atoms with Crippen molar-refractivity contribution in [3.05, 3.63) is 65.2 Å². The topological polar surface area (TPSA) is 73.0 Å². The largest absolute Gasteiger partial charge is 0.336 e. The lowest BCUT2D eigenvalue weighted by Crippen LogP contribution is -2.53. The number of hydrogen-bond acceptors (Lipinski definition) is 4. The molecule has 0 saturated carbocycles. The molecule has 1 N–H and O–H groups in total. The summed E-state index contributed by atoms with van der Waals surface area (Å²) in [4.78, 5) is 16.9. The summed E-state index contributed by atoms with van der Waals surface area (Å²) in [6, 6.07) is 16.5. The van der Waals surface area contributed by atoms with Crippen LogP contribution >= 0.6 is 11.6 Å². The molecule has 1 saturated heterocycles. The molecule has 1 heterocycles. The highest BCUT2D eigenvalue weighted by atomic mass is 35.5. The number of piperazine rings is 1. The van der Waals surface area contributed by atoms with Gasteiger partial charge in [0.15, 0.2) is 0 Å². The average molecular weight is 479 g/mol. The van der Waals surface area contributed by atoms with Gasteiger partial charge in [0.05, 0.1) is 11.1 Å². The van der Waals surface area contributed by atoms with Crippen LogP contribution in [-0.2, 0) is 10.0 Å². The Morgan fingerprint density at radius 1 is 1.00 bits per heavy atom. The minimum absolute atomic E-state index is 0.0806. The molecule has 0 spiro atoms. The highest BCUT2D eigenvalue weighted by Gasteiger charge is 2.31. The van der Waals surface area contributed by atoms with Gasteiger partial charge in [0.25, 0.3) is 0 Å². The van der Waals surface area contributed by atoms with E-state index in [0.717, 1.165) is 18.7 Å². The SMILES string of the molecule is CCN(CC)C(CNC(=O)N1CCN(S(=O)(=O)c2ccccc2Cl)CC1)c1ccccc1. The van der Waals surface area contributed by atoms with Crippen LogP contribution in [0.15, 0.2) is 59.5 Å². The summed E-state index contributed by atoms with van der Waals surface area (Å²) in [5.74, 6) is 0. The molecule has 2 amide bonds. The number of nitrogens with zero attached hydrogens (tertiary/aromatic N) is 3. The van der Waals surface area contributed by atoms with Gasteiger partial charge in [-0.05, 0) is 30.8 Å². The van der Waals surface area contributed by atoms with Crippen molar-refractivity contribution < 1.29 is 13.2 Å². The quantitative estimate of drug-likeness (QED) is 0.630. The Morgan fingerprint density at radius 2 is 1.59 bits per heavy atom. The van der Waals surface area contributed by atoms with Gasteiger partial charge in [-0.3, -0.25) is 4.90 Å². The van der Waals surface area contributed by atoms with Crippen molar-refractivity contribution in [3.8, 4) is 0 Å². The van der Waals surface area contributed by atoms with Gasteiger partial charge in [-0.1, -0.05) is 67.9 Å². The number of likely N-dealkylation sites (N-methyl/N-ethyl adjacent to an activating group) is 1. The molecular weight excluding hydrogens is 448 g/mol. The number of urea groups is 1. The molecule has 7 nitrogen and oxygen atoms in total. The predicted molar refractivity (Wildman–Crippen MR) is 127 cm³/mol. The first kappa shape index (κ1) is 24.5. The summed E-state index contributed by atoms with van der Waals surface area (Å²) < 4.78 is 27.2. The zero-order valence-electron chi connectivity index (χ0n) is 18.6. The first-order valence-corrected chi connectivity index (χ1v) is 12.8. The molecular formula is C23H31ClN4O3S. The van der Waals surface area contributed by atoms with Crippen molar-refractivity contribution in [3.63, 3.8) is 0 Å². The number of benzene rings is 2. The fraction of sp³-hybridized carbons (Fsp3) is 0.435. The Bertz CT molecular complexity index is 991. The second kappa shape index (κ2) is 11.1. The number of carbonyl (C=O) groups excluding carboxylic acids is 1. The standard InChI is InChI=1S/C23H31ClN4O3S/c1-3-26(4-2)21(19-10-6-5-7-11-19)18-25-23(29)27-14-16-28(17-15-27)32(30,31)22-13-9-8-12-20(22)24/h5-13,21H,3-4,14-18H2,1-2H3,(H,25,29). The van der Waals surface area contributed by atoms with E-state index in [-0.39, 0.29) is 35.1 Å². The Morgan fingerprint density at radius 3 is 2.19 bits per heavy atom.